The monoisotopic (exact) mass is 531 g/mol. The van der Waals surface area contributed by atoms with Crippen LogP contribution >= 0.6 is 0 Å². The molecule has 0 radical (unpaired) electrons. The van der Waals surface area contributed by atoms with Crippen molar-refractivity contribution in [1.29, 1.82) is 0 Å². The number of anilines is 2. The van der Waals surface area contributed by atoms with Crippen molar-refractivity contribution in [2.75, 3.05) is 37.6 Å². The first-order valence-corrected chi connectivity index (χ1v) is 12.8. The van der Waals surface area contributed by atoms with Crippen molar-refractivity contribution >= 4 is 29.2 Å². The van der Waals surface area contributed by atoms with Crippen LogP contribution in [0.2, 0.25) is 0 Å². The van der Waals surface area contributed by atoms with Gasteiger partial charge in [0.1, 0.15) is 11.8 Å². The number of aryl methyl sites for hydroxylation is 1. The smallest absolute Gasteiger partial charge is 0.332 e. The Kier molecular flexibility index (Phi) is 8.70. The molecule has 1 saturated heterocycles. The van der Waals surface area contributed by atoms with Gasteiger partial charge in [0.05, 0.1) is 32.9 Å². The van der Waals surface area contributed by atoms with E-state index in [0.29, 0.717) is 41.7 Å². The summed E-state index contributed by atoms with van der Waals surface area (Å²) in [5, 5.41) is 2.83. The largest absolute Gasteiger partial charge is 0.494 e. The molecule has 9 heteroatoms. The highest BCUT2D eigenvalue weighted by Gasteiger charge is 2.46. The maximum absolute atomic E-state index is 13.6. The molecule has 0 unspecified atom stereocenters. The Morgan fingerprint density at radius 3 is 2.36 bits per heavy atom. The van der Waals surface area contributed by atoms with Crippen LogP contribution in [0, 0.1) is 6.92 Å². The minimum atomic E-state index is -0.944. The molecule has 39 heavy (non-hydrogen) atoms. The molecule has 4 amide bonds. The topological polar surface area (TPSA) is 97.4 Å². The average Bonchev–Trinajstić information content (AvgIpc) is 3.16. The van der Waals surface area contributed by atoms with E-state index >= 15 is 0 Å². The van der Waals surface area contributed by atoms with Crippen molar-refractivity contribution in [2.45, 2.75) is 32.7 Å². The van der Waals surface area contributed by atoms with E-state index in [1.807, 2.05) is 32.0 Å². The number of benzene rings is 3. The molecule has 0 spiro atoms. The molecule has 9 nitrogen and oxygen atoms in total. The van der Waals surface area contributed by atoms with E-state index in [1.165, 1.54) is 4.90 Å². The Labute approximate surface area is 228 Å². The fraction of sp³-hybridized carbons (Fsp3) is 0.300. The van der Waals surface area contributed by atoms with Gasteiger partial charge in [-0.1, -0.05) is 18.2 Å². The number of hydrogen-bond donors (Lipinski definition) is 1. The van der Waals surface area contributed by atoms with E-state index < -0.39 is 18.0 Å². The first-order chi connectivity index (χ1) is 18.8. The summed E-state index contributed by atoms with van der Waals surface area (Å²) >= 11 is 0. The Morgan fingerprint density at radius 1 is 0.949 bits per heavy atom. The van der Waals surface area contributed by atoms with Gasteiger partial charge >= 0.3 is 6.03 Å². The minimum absolute atomic E-state index is 0.175. The molecule has 204 valence electrons. The third-order valence-corrected chi connectivity index (χ3v) is 6.50. The van der Waals surface area contributed by atoms with Gasteiger partial charge in [-0.2, -0.15) is 0 Å². The lowest BCUT2D eigenvalue weighted by Gasteiger charge is -2.22. The van der Waals surface area contributed by atoms with Gasteiger partial charge in [-0.3, -0.25) is 9.59 Å². The number of hydrogen-bond acceptors (Lipinski definition) is 6. The summed E-state index contributed by atoms with van der Waals surface area (Å²) < 4.78 is 16.1. The van der Waals surface area contributed by atoms with E-state index in [1.54, 1.807) is 62.8 Å². The van der Waals surface area contributed by atoms with E-state index in [0.717, 1.165) is 16.0 Å². The molecule has 4 rings (SSSR count). The number of nitrogens with one attached hydrogen (secondary N) is 1. The molecule has 1 atom stereocenters. The normalized spacial score (nSPS) is 14.9. The number of carbonyl (C=O) groups is 3. The van der Waals surface area contributed by atoms with Crippen LogP contribution in [0.4, 0.5) is 16.2 Å². The Hall–Kier alpha value is -4.53. The van der Waals surface area contributed by atoms with Crippen LogP contribution in [0.3, 0.4) is 0 Å². The summed E-state index contributed by atoms with van der Waals surface area (Å²) in [4.78, 5) is 42.8. The third-order valence-electron chi connectivity index (χ3n) is 6.50. The van der Waals surface area contributed by atoms with Gasteiger partial charge in [0.25, 0.3) is 5.91 Å². The first-order valence-electron chi connectivity index (χ1n) is 12.8. The lowest BCUT2D eigenvalue weighted by atomic mass is 10.1. The standard InChI is InChI=1S/C30H33N3O6/c1-5-39-24-12-10-22(11-13-24)31-28(34)19-25-29(35)33(23-8-6-7-20(2)17-23)30(36)32(25)16-15-21-9-14-26(37-3)27(18-21)38-4/h6-14,17-18,25H,5,15-16,19H2,1-4H3,(H,31,34)/t25-/m1/s1. The lowest BCUT2D eigenvalue weighted by molar-refractivity contribution is -0.124. The highest BCUT2D eigenvalue weighted by atomic mass is 16.5. The van der Waals surface area contributed by atoms with Gasteiger partial charge in [-0.05, 0) is 79.9 Å². The van der Waals surface area contributed by atoms with Gasteiger partial charge in [0.2, 0.25) is 5.91 Å². The molecule has 1 heterocycles. The predicted molar refractivity (Wildman–Crippen MR) is 149 cm³/mol. The molecule has 1 N–H and O–H groups in total. The van der Waals surface area contributed by atoms with E-state index in [-0.39, 0.29) is 18.9 Å². The summed E-state index contributed by atoms with van der Waals surface area (Å²) in [7, 11) is 3.12. The number of ether oxygens (including phenoxy) is 3. The van der Waals surface area contributed by atoms with Crippen LogP contribution in [0.5, 0.6) is 17.2 Å². The number of amides is 4. The van der Waals surface area contributed by atoms with Crippen LogP contribution in [0.1, 0.15) is 24.5 Å². The molecular weight excluding hydrogens is 498 g/mol. The van der Waals surface area contributed by atoms with Crippen LogP contribution in [0.25, 0.3) is 0 Å². The van der Waals surface area contributed by atoms with Gasteiger partial charge < -0.3 is 24.4 Å². The molecule has 0 saturated carbocycles. The van der Waals surface area contributed by atoms with Crippen LogP contribution < -0.4 is 24.4 Å². The van der Waals surface area contributed by atoms with E-state index in [2.05, 4.69) is 5.32 Å². The maximum atomic E-state index is 13.6. The number of urea groups is 1. The van der Waals surface area contributed by atoms with Gasteiger partial charge in [-0.25, -0.2) is 9.69 Å². The number of nitrogens with zero attached hydrogens (tertiary/aromatic N) is 2. The van der Waals surface area contributed by atoms with Crippen molar-refractivity contribution in [2.24, 2.45) is 0 Å². The Morgan fingerprint density at radius 2 is 1.69 bits per heavy atom. The van der Waals surface area contributed by atoms with Crippen LogP contribution in [-0.2, 0) is 16.0 Å². The predicted octanol–water partition coefficient (Wildman–Crippen LogP) is 4.82. The number of carbonyl (C=O) groups excluding carboxylic acids is 3. The number of imide groups is 1. The van der Waals surface area contributed by atoms with Crippen LogP contribution in [-0.4, -0.2) is 56.2 Å². The Balaban J connectivity index is 1.54. The van der Waals surface area contributed by atoms with Crippen molar-refractivity contribution in [3.8, 4) is 17.2 Å². The molecule has 1 aliphatic rings. The second-order valence-corrected chi connectivity index (χ2v) is 9.15. The second-order valence-electron chi connectivity index (χ2n) is 9.15. The maximum Gasteiger partial charge on any atom is 0.332 e. The van der Waals surface area contributed by atoms with E-state index in [9.17, 15) is 14.4 Å². The molecule has 0 bridgehead atoms. The van der Waals surface area contributed by atoms with Gasteiger partial charge in [0, 0.05) is 12.2 Å². The Bertz CT molecular complexity index is 1340. The molecule has 0 aliphatic carbocycles. The fourth-order valence-corrected chi connectivity index (χ4v) is 4.57. The summed E-state index contributed by atoms with van der Waals surface area (Å²) in [6, 6.07) is 18.3. The highest BCUT2D eigenvalue weighted by Crippen LogP contribution is 2.30. The SMILES string of the molecule is CCOc1ccc(NC(=O)C[C@@H]2C(=O)N(c3cccc(C)c3)C(=O)N2CCc2ccc(OC)c(OC)c2)cc1. The molecular formula is C30H33N3O6. The zero-order chi connectivity index (χ0) is 27.9. The zero-order valence-electron chi connectivity index (χ0n) is 22.6. The average molecular weight is 532 g/mol. The quantitative estimate of drug-likeness (QED) is 0.357. The molecule has 0 aromatic heterocycles. The second kappa shape index (κ2) is 12.3. The van der Waals surface area contributed by atoms with Gasteiger partial charge in [0.15, 0.2) is 11.5 Å². The van der Waals surface area contributed by atoms with Crippen molar-refractivity contribution in [3.05, 3.63) is 77.9 Å². The zero-order valence-corrected chi connectivity index (χ0v) is 22.6. The van der Waals surface area contributed by atoms with Crippen molar-refractivity contribution in [3.63, 3.8) is 0 Å². The molecule has 3 aromatic rings. The molecule has 1 aliphatic heterocycles. The molecule has 3 aromatic carbocycles. The lowest BCUT2D eigenvalue weighted by Crippen LogP contribution is -2.39. The number of rotatable bonds is 11. The van der Waals surface area contributed by atoms with Crippen molar-refractivity contribution < 1.29 is 28.6 Å². The minimum Gasteiger partial charge on any atom is -0.494 e. The number of methoxy groups -OCH3 is 2. The third kappa shape index (κ3) is 6.31. The summed E-state index contributed by atoms with van der Waals surface area (Å²) in [6.07, 6.45) is 0.282. The van der Waals surface area contributed by atoms with Crippen molar-refractivity contribution in [1.82, 2.24) is 4.90 Å². The summed E-state index contributed by atoms with van der Waals surface area (Å²) in [6.45, 7) is 4.57. The molecule has 1 fully saturated rings. The summed E-state index contributed by atoms with van der Waals surface area (Å²) in [5.41, 5.74) is 2.88. The highest BCUT2D eigenvalue weighted by molar-refractivity contribution is 6.22. The fourth-order valence-electron chi connectivity index (χ4n) is 4.57. The van der Waals surface area contributed by atoms with Gasteiger partial charge in [-0.15, -0.1) is 0 Å². The summed E-state index contributed by atoms with van der Waals surface area (Å²) in [5.74, 6) is 1.07. The van der Waals surface area contributed by atoms with E-state index in [4.69, 9.17) is 14.2 Å². The van der Waals surface area contributed by atoms with Crippen LogP contribution in [0.15, 0.2) is 66.7 Å². The first kappa shape index (κ1) is 27.5.